The van der Waals surface area contributed by atoms with Crippen molar-refractivity contribution in [2.45, 2.75) is 32.9 Å². The molecule has 1 fully saturated rings. The maximum atomic E-state index is 12.9. The van der Waals surface area contributed by atoms with Crippen LogP contribution in [-0.4, -0.2) is 24.2 Å². The van der Waals surface area contributed by atoms with E-state index in [0.717, 1.165) is 12.1 Å². The first-order valence-corrected chi connectivity index (χ1v) is 9.92. The lowest BCUT2D eigenvalue weighted by atomic mass is 10.0. The first-order chi connectivity index (χ1) is 13.7. The monoisotopic (exact) mass is 376 g/mol. The van der Waals surface area contributed by atoms with Crippen LogP contribution in [0.4, 0.5) is 0 Å². The highest BCUT2D eigenvalue weighted by Crippen LogP contribution is 2.25. The van der Waals surface area contributed by atoms with Crippen LogP contribution in [0.2, 0.25) is 0 Å². The lowest BCUT2D eigenvalue weighted by Crippen LogP contribution is -3.08. The van der Waals surface area contributed by atoms with Crippen LogP contribution in [0.5, 0.6) is 0 Å². The first kappa shape index (κ1) is 18.4. The van der Waals surface area contributed by atoms with Gasteiger partial charge in [-0.1, -0.05) is 59.8 Å². The van der Waals surface area contributed by atoms with Crippen molar-refractivity contribution in [3.63, 3.8) is 0 Å². The van der Waals surface area contributed by atoms with Gasteiger partial charge in [0.2, 0.25) is 0 Å². The number of benzene rings is 2. The second-order valence-electron chi connectivity index (χ2n) is 7.41. The van der Waals surface area contributed by atoms with E-state index < -0.39 is 0 Å². The summed E-state index contributed by atoms with van der Waals surface area (Å²) in [6, 6.07) is 18.0. The summed E-state index contributed by atoms with van der Waals surface area (Å²) in [5.41, 5.74) is 4.46. The van der Waals surface area contributed by atoms with E-state index in [1.807, 2.05) is 36.4 Å². The molecule has 28 heavy (non-hydrogen) atoms. The molecule has 0 unspecified atom stereocenters. The highest BCUT2D eigenvalue weighted by atomic mass is 16.5. The van der Waals surface area contributed by atoms with Crippen molar-refractivity contribution in [3.8, 4) is 11.3 Å². The number of carbonyl (C=O) groups excluding carboxylic acids is 1. The lowest BCUT2D eigenvalue weighted by molar-refractivity contribution is -0.901. The third-order valence-corrected chi connectivity index (χ3v) is 5.45. The number of amides is 1. The van der Waals surface area contributed by atoms with Crippen molar-refractivity contribution in [1.82, 2.24) is 10.5 Å². The van der Waals surface area contributed by atoms with Gasteiger partial charge in [0.05, 0.1) is 13.1 Å². The number of hydrogen-bond donors (Lipinski definition) is 2. The Hall–Kier alpha value is -2.92. The van der Waals surface area contributed by atoms with E-state index in [1.165, 1.54) is 37.1 Å². The fourth-order valence-corrected chi connectivity index (χ4v) is 3.92. The molecule has 0 saturated carbocycles. The average Bonchev–Trinajstić information content (AvgIpc) is 3.37. The van der Waals surface area contributed by atoms with Crippen LogP contribution in [0, 0.1) is 6.92 Å². The number of nitrogens with zero attached hydrogens (tertiary/aromatic N) is 1. The number of aromatic nitrogens is 1. The van der Waals surface area contributed by atoms with Crippen LogP contribution in [0.25, 0.3) is 11.3 Å². The van der Waals surface area contributed by atoms with Crippen molar-refractivity contribution < 1.29 is 14.2 Å². The van der Waals surface area contributed by atoms with E-state index >= 15 is 0 Å². The van der Waals surface area contributed by atoms with Crippen molar-refractivity contribution in [3.05, 3.63) is 77.0 Å². The molecule has 5 nitrogen and oxygen atoms in total. The van der Waals surface area contributed by atoms with Crippen LogP contribution in [0.1, 0.15) is 40.1 Å². The zero-order chi connectivity index (χ0) is 19.3. The molecular weight excluding hydrogens is 350 g/mol. The Morgan fingerprint density at radius 3 is 2.46 bits per heavy atom. The summed E-state index contributed by atoms with van der Waals surface area (Å²) in [5.74, 6) is 0.382. The van der Waals surface area contributed by atoms with Gasteiger partial charge in [-0.3, -0.25) is 4.79 Å². The van der Waals surface area contributed by atoms with Gasteiger partial charge in [0.1, 0.15) is 23.6 Å². The van der Waals surface area contributed by atoms with Gasteiger partial charge in [0.15, 0.2) is 0 Å². The van der Waals surface area contributed by atoms with E-state index in [4.69, 9.17) is 4.52 Å². The Bertz CT molecular complexity index is 943. The van der Waals surface area contributed by atoms with Crippen LogP contribution >= 0.6 is 0 Å². The van der Waals surface area contributed by atoms with Crippen molar-refractivity contribution >= 4 is 5.91 Å². The maximum absolute atomic E-state index is 12.9. The summed E-state index contributed by atoms with van der Waals surface area (Å²) in [7, 11) is 0. The number of quaternary nitrogens is 1. The topological polar surface area (TPSA) is 59.6 Å². The predicted octanol–water partition coefficient (Wildman–Crippen LogP) is 2.76. The molecule has 4 rings (SSSR count). The van der Waals surface area contributed by atoms with E-state index in [0.29, 0.717) is 23.6 Å². The standard InChI is InChI=1S/C23H25N3O2/c1-17-21(22(25-28-17)18-9-3-2-4-10-18)23(27)24-15-19-11-5-6-12-20(19)16-26-13-7-8-14-26/h2-6,9-12H,7-8,13-16H2,1H3,(H,24,27)/p+1. The van der Waals surface area contributed by atoms with Crippen LogP contribution in [0.15, 0.2) is 59.1 Å². The quantitative estimate of drug-likeness (QED) is 0.695. The lowest BCUT2D eigenvalue weighted by Gasteiger charge is -2.15. The Morgan fingerprint density at radius 1 is 1.04 bits per heavy atom. The summed E-state index contributed by atoms with van der Waals surface area (Å²) in [4.78, 5) is 14.6. The van der Waals surface area contributed by atoms with Gasteiger partial charge in [0.25, 0.3) is 5.91 Å². The summed E-state index contributed by atoms with van der Waals surface area (Å²) < 4.78 is 5.32. The predicted molar refractivity (Wildman–Crippen MR) is 108 cm³/mol. The molecular formula is C23H26N3O2+. The minimum absolute atomic E-state index is 0.152. The maximum Gasteiger partial charge on any atom is 0.257 e. The van der Waals surface area contributed by atoms with Crippen LogP contribution in [0.3, 0.4) is 0 Å². The summed E-state index contributed by atoms with van der Waals surface area (Å²) in [5, 5.41) is 7.18. The molecule has 2 aromatic carbocycles. The van der Waals surface area contributed by atoms with Gasteiger partial charge in [-0.05, 0) is 12.5 Å². The van der Waals surface area contributed by atoms with Gasteiger partial charge < -0.3 is 14.7 Å². The van der Waals surface area contributed by atoms with Gasteiger partial charge in [-0.25, -0.2) is 0 Å². The van der Waals surface area contributed by atoms with Crippen molar-refractivity contribution in [1.29, 1.82) is 0 Å². The minimum atomic E-state index is -0.152. The minimum Gasteiger partial charge on any atom is -0.360 e. The summed E-state index contributed by atoms with van der Waals surface area (Å²) in [6.45, 7) is 5.77. The molecule has 0 bridgehead atoms. The second kappa shape index (κ2) is 8.40. The number of likely N-dealkylation sites (tertiary alicyclic amines) is 1. The molecule has 144 valence electrons. The van der Waals surface area contributed by atoms with Gasteiger partial charge in [-0.2, -0.15) is 0 Å². The number of hydrogen-bond acceptors (Lipinski definition) is 3. The van der Waals surface area contributed by atoms with Gasteiger partial charge in [0, 0.05) is 30.5 Å². The van der Waals surface area contributed by atoms with Gasteiger partial charge >= 0.3 is 0 Å². The fraction of sp³-hybridized carbons (Fsp3) is 0.304. The second-order valence-corrected chi connectivity index (χ2v) is 7.41. The van der Waals surface area contributed by atoms with Gasteiger partial charge in [-0.15, -0.1) is 0 Å². The molecule has 0 spiro atoms. The SMILES string of the molecule is Cc1onc(-c2ccccc2)c1C(=O)NCc1ccccc1C[NH+]1CCCC1. The Kier molecular flexibility index (Phi) is 5.53. The molecule has 0 atom stereocenters. The Labute approximate surface area is 165 Å². The molecule has 1 aromatic heterocycles. The average molecular weight is 376 g/mol. The molecule has 1 aliphatic rings. The molecule has 2 heterocycles. The molecule has 1 aliphatic heterocycles. The Balaban J connectivity index is 1.49. The van der Waals surface area contributed by atoms with Crippen molar-refractivity contribution in [2.24, 2.45) is 0 Å². The molecule has 2 N–H and O–H groups in total. The highest BCUT2D eigenvalue weighted by Gasteiger charge is 2.22. The number of aryl methyl sites for hydroxylation is 1. The van der Waals surface area contributed by atoms with E-state index in [-0.39, 0.29) is 5.91 Å². The van der Waals surface area contributed by atoms with E-state index in [9.17, 15) is 4.79 Å². The number of carbonyl (C=O) groups is 1. The smallest absolute Gasteiger partial charge is 0.257 e. The zero-order valence-electron chi connectivity index (χ0n) is 16.2. The molecule has 1 amide bonds. The highest BCUT2D eigenvalue weighted by molar-refractivity contribution is 6.00. The van der Waals surface area contributed by atoms with Crippen LogP contribution in [-0.2, 0) is 13.1 Å². The molecule has 3 aromatic rings. The Morgan fingerprint density at radius 2 is 1.71 bits per heavy atom. The van der Waals surface area contributed by atoms with Crippen molar-refractivity contribution in [2.75, 3.05) is 13.1 Å². The van der Waals surface area contributed by atoms with Crippen LogP contribution < -0.4 is 10.2 Å². The first-order valence-electron chi connectivity index (χ1n) is 9.92. The fourth-order valence-electron chi connectivity index (χ4n) is 3.92. The van der Waals surface area contributed by atoms with E-state index in [1.54, 1.807) is 11.8 Å². The zero-order valence-corrected chi connectivity index (χ0v) is 16.2. The largest absolute Gasteiger partial charge is 0.360 e. The van der Waals surface area contributed by atoms with E-state index in [2.05, 4.69) is 28.7 Å². The molecule has 0 radical (unpaired) electrons. The number of nitrogens with one attached hydrogen (secondary N) is 2. The third-order valence-electron chi connectivity index (χ3n) is 5.45. The summed E-state index contributed by atoms with van der Waals surface area (Å²) >= 11 is 0. The molecule has 5 heteroatoms. The normalized spacial score (nSPS) is 14.3. The third kappa shape index (κ3) is 3.99. The molecule has 1 saturated heterocycles. The molecule has 0 aliphatic carbocycles. The number of rotatable bonds is 6. The summed E-state index contributed by atoms with van der Waals surface area (Å²) in [6.07, 6.45) is 2.62.